The van der Waals surface area contributed by atoms with Crippen LogP contribution in [0.25, 0.3) is 0 Å². The van der Waals surface area contributed by atoms with E-state index in [0.717, 1.165) is 8.92 Å². The maximum absolute atomic E-state index is 12.0. The third-order valence-corrected chi connectivity index (χ3v) is 9.15. The van der Waals surface area contributed by atoms with Crippen LogP contribution in [0.4, 0.5) is 0 Å². The van der Waals surface area contributed by atoms with Crippen LogP contribution in [-0.2, 0) is 0 Å². The summed E-state index contributed by atoms with van der Waals surface area (Å²) in [6.07, 6.45) is 0. The molecule has 0 saturated heterocycles. The van der Waals surface area contributed by atoms with Crippen LogP contribution in [0.15, 0.2) is 56.5 Å². The van der Waals surface area contributed by atoms with Gasteiger partial charge in [0, 0.05) is 0 Å². The monoisotopic (exact) mass is 394 g/mol. The zero-order chi connectivity index (χ0) is 13.0. The van der Waals surface area contributed by atoms with Gasteiger partial charge >= 0.3 is 215 Å². The number of fused-ring (bicyclic) bond motifs is 4. The SMILES string of the molecule is [K+].[K+].[O-]C1=N[Se]2(N=C([O-])c3ccccc32)c2ccccc21. The van der Waals surface area contributed by atoms with Crippen LogP contribution in [0.3, 0.4) is 0 Å². The fraction of sp³-hybridized carbons (Fsp3) is 0. The van der Waals surface area contributed by atoms with Crippen molar-refractivity contribution in [2.24, 2.45) is 8.02 Å². The predicted molar refractivity (Wildman–Crippen MR) is 71.0 cm³/mol. The van der Waals surface area contributed by atoms with Crippen LogP contribution in [0.1, 0.15) is 11.1 Å². The van der Waals surface area contributed by atoms with Crippen molar-refractivity contribution in [3.63, 3.8) is 0 Å². The van der Waals surface area contributed by atoms with Crippen LogP contribution < -0.4 is 122 Å². The molecule has 2 heterocycles. The molecule has 0 N–H and O–H groups in total. The van der Waals surface area contributed by atoms with Crippen molar-refractivity contribution in [2.75, 3.05) is 0 Å². The Morgan fingerprint density at radius 1 is 0.667 bits per heavy atom. The first-order valence-corrected chi connectivity index (χ1v) is 9.03. The van der Waals surface area contributed by atoms with Gasteiger partial charge in [-0.1, -0.05) is 0 Å². The summed E-state index contributed by atoms with van der Waals surface area (Å²) in [4.78, 5) is 0. The van der Waals surface area contributed by atoms with Gasteiger partial charge in [-0.05, 0) is 0 Å². The van der Waals surface area contributed by atoms with Crippen LogP contribution >= 0.6 is 0 Å². The van der Waals surface area contributed by atoms with Gasteiger partial charge in [0.2, 0.25) is 0 Å². The molecule has 7 heteroatoms. The Hall–Kier alpha value is 1.17. The van der Waals surface area contributed by atoms with Crippen molar-refractivity contribution >= 4 is 34.0 Å². The second-order valence-electron chi connectivity index (χ2n) is 4.33. The fourth-order valence-corrected chi connectivity index (χ4v) is 8.35. The van der Waals surface area contributed by atoms with Crippen molar-refractivity contribution < 1.29 is 113 Å². The Bertz CT molecular complexity index is 712. The summed E-state index contributed by atoms with van der Waals surface area (Å²) in [5.74, 6) is -0.493. The van der Waals surface area contributed by atoms with E-state index in [1.807, 2.05) is 36.4 Å². The maximum atomic E-state index is 12.0. The first kappa shape index (κ1) is 18.5. The average molecular weight is 393 g/mol. The third kappa shape index (κ3) is 2.75. The molecular formula is C14H8K2N2O2Se. The Labute approximate surface area is 210 Å². The van der Waals surface area contributed by atoms with E-state index in [2.05, 4.69) is 8.02 Å². The van der Waals surface area contributed by atoms with Gasteiger partial charge in [0.1, 0.15) is 0 Å². The second-order valence-corrected chi connectivity index (χ2v) is 9.25. The van der Waals surface area contributed by atoms with E-state index in [4.69, 9.17) is 0 Å². The van der Waals surface area contributed by atoms with E-state index in [9.17, 15) is 10.2 Å². The van der Waals surface area contributed by atoms with E-state index in [0.29, 0.717) is 11.1 Å². The molecule has 1 spiro atoms. The van der Waals surface area contributed by atoms with E-state index in [-0.39, 0.29) is 115 Å². The van der Waals surface area contributed by atoms with Crippen molar-refractivity contribution in [2.45, 2.75) is 0 Å². The molecule has 0 unspecified atom stereocenters. The van der Waals surface area contributed by atoms with Gasteiger partial charge in [0.25, 0.3) is 0 Å². The molecule has 0 fully saturated rings. The topological polar surface area (TPSA) is 70.8 Å². The van der Waals surface area contributed by atoms with Crippen molar-refractivity contribution in [3.8, 4) is 0 Å². The summed E-state index contributed by atoms with van der Waals surface area (Å²) in [7, 11) is 0. The number of hydrogen-bond donors (Lipinski definition) is 0. The number of hydrogen-bond acceptors (Lipinski definition) is 4. The Balaban J connectivity index is 0.000000807. The fourth-order valence-electron chi connectivity index (χ4n) is 2.46. The quantitative estimate of drug-likeness (QED) is 0.418. The normalized spacial score (nSPS) is 17.7. The van der Waals surface area contributed by atoms with E-state index >= 15 is 0 Å². The molecule has 0 bridgehead atoms. The van der Waals surface area contributed by atoms with Gasteiger partial charge in [-0.15, -0.1) is 0 Å². The summed E-state index contributed by atoms with van der Waals surface area (Å²) in [6.45, 7) is 0. The van der Waals surface area contributed by atoms with E-state index < -0.39 is 13.3 Å². The molecule has 4 rings (SSSR count). The molecule has 0 atom stereocenters. The molecule has 0 aliphatic carbocycles. The molecule has 0 saturated carbocycles. The molecule has 94 valence electrons. The molecule has 2 aromatic carbocycles. The average Bonchev–Trinajstić information content (AvgIpc) is 2.88. The standard InChI is InChI=1S/C14H10N2O2Se.2K/c17-13-9-5-1-3-7-11(9)19(15-13)12-8-4-2-6-10(12)14(18)16-19;;/h1-8H,(H,15,17)(H,16,18);;/q;2*+1/p-2. The zero-order valence-corrected chi connectivity index (χ0v) is 19.7. The van der Waals surface area contributed by atoms with Crippen LogP contribution in [0, 0.1) is 0 Å². The van der Waals surface area contributed by atoms with Crippen LogP contribution in [0.5, 0.6) is 0 Å². The zero-order valence-electron chi connectivity index (χ0n) is 11.7. The van der Waals surface area contributed by atoms with Gasteiger partial charge in [-0.3, -0.25) is 0 Å². The van der Waals surface area contributed by atoms with Gasteiger partial charge in [0.05, 0.1) is 0 Å². The molecule has 2 aliphatic heterocycles. The van der Waals surface area contributed by atoms with Gasteiger partial charge in [-0.25, -0.2) is 0 Å². The van der Waals surface area contributed by atoms with Crippen molar-refractivity contribution in [1.82, 2.24) is 0 Å². The van der Waals surface area contributed by atoms with Crippen molar-refractivity contribution in [1.29, 1.82) is 0 Å². The first-order chi connectivity index (χ1) is 9.22. The van der Waals surface area contributed by atoms with E-state index in [1.165, 1.54) is 0 Å². The summed E-state index contributed by atoms with van der Waals surface area (Å²) in [6, 6.07) is 14.6. The third-order valence-electron chi connectivity index (χ3n) is 3.28. The first-order valence-electron chi connectivity index (χ1n) is 5.78. The predicted octanol–water partition coefficient (Wildman–Crippen LogP) is -7.51. The molecule has 0 radical (unpaired) electrons. The van der Waals surface area contributed by atoms with Gasteiger partial charge in [0.15, 0.2) is 0 Å². The molecule has 4 nitrogen and oxygen atoms in total. The summed E-state index contributed by atoms with van der Waals surface area (Å²) >= 11 is -3.10. The molecule has 21 heavy (non-hydrogen) atoms. The number of nitrogens with zero attached hydrogens (tertiary/aromatic N) is 2. The van der Waals surface area contributed by atoms with Gasteiger partial charge in [-0.2, -0.15) is 0 Å². The molecular weight excluding hydrogens is 385 g/mol. The van der Waals surface area contributed by atoms with Crippen LogP contribution in [-0.4, -0.2) is 25.1 Å². The molecule has 0 aromatic heterocycles. The number of rotatable bonds is 0. The Morgan fingerprint density at radius 3 is 1.48 bits per heavy atom. The molecule has 2 aliphatic rings. The Morgan fingerprint density at radius 2 is 1.05 bits per heavy atom. The second kappa shape index (κ2) is 6.96. The Kier molecular flexibility index (Phi) is 6.14. The van der Waals surface area contributed by atoms with Crippen LogP contribution in [0.2, 0.25) is 0 Å². The summed E-state index contributed by atoms with van der Waals surface area (Å²) in [5, 5.41) is 24.1. The van der Waals surface area contributed by atoms with E-state index in [1.54, 1.807) is 12.1 Å². The van der Waals surface area contributed by atoms with Crippen molar-refractivity contribution in [3.05, 3.63) is 59.7 Å². The minimum absolute atomic E-state index is 0. The number of benzene rings is 2. The molecule has 0 amide bonds. The minimum atomic E-state index is -3.10. The summed E-state index contributed by atoms with van der Waals surface area (Å²) in [5.41, 5.74) is 1.19. The van der Waals surface area contributed by atoms with Gasteiger partial charge < -0.3 is 0 Å². The summed E-state index contributed by atoms with van der Waals surface area (Å²) < 4.78 is 10.3. The molecule has 2 aromatic rings.